The molecule has 1 aromatic carbocycles. The van der Waals surface area contributed by atoms with E-state index in [1.807, 2.05) is 0 Å². The Hall–Kier alpha value is -1.40. The predicted octanol–water partition coefficient (Wildman–Crippen LogP) is 1.90. The number of halogens is 2. The number of nitro groups is 1. The van der Waals surface area contributed by atoms with E-state index in [4.69, 9.17) is 4.74 Å². The normalized spacial score (nSPS) is 18.5. The predicted molar refractivity (Wildman–Crippen MR) is 62.2 cm³/mol. The number of nitro benzene ring substituents is 1. The number of hydrogen-bond donors (Lipinski definition) is 1. The maximum atomic E-state index is 13.4. The quantitative estimate of drug-likeness (QED) is 0.667. The van der Waals surface area contributed by atoms with E-state index in [2.05, 4.69) is 5.32 Å². The first-order valence-electron chi connectivity index (χ1n) is 4.98. The van der Waals surface area contributed by atoms with Crippen molar-refractivity contribution in [3.05, 3.63) is 34.1 Å². The fraction of sp³-hybridized carbons (Fsp3) is 0.400. The molecular formula is C10H12ClFN2O3. The molecule has 1 fully saturated rings. The van der Waals surface area contributed by atoms with Crippen molar-refractivity contribution < 1.29 is 14.1 Å². The topological polar surface area (TPSA) is 64.4 Å². The van der Waals surface area contributed by atoms with Crippen LogP contribution < -0.4 is 10.1 Å². The van der Waals surface area contributed by atoms with Crippen LogP contribution in [0, 0.1) is 15.9 Å². The molecule has 1 saturated heterocycles. The Morgan fingerprint density at radius 1 is 1.53 bits per heavy atom. The van der Waals surface area contributed by atoms with Crippen molar-refractivity contribution in [3.8, 4) is 5.75 Å². The van der Waals surface area contributed by atoms with Crippen LogP contribution >= 0.6 is 12.4 Å². The second-order valence-electron chi connectivity index (χ2n) is 3.60. The van der Waals surface area contributed by atoms with Gasteiger partial charge in [-0.1, -0.05) is 0 Å². The molecule has 0 spiro atoms. The summed E-state index contributed by atoms with van der Waals surface area (Å²) in [6, 6.07) is 3.41. The molecule has 0 amide bonds. The van der Waals surface area contributed by atoms with Crippen LogP contribution in [-0.4, -0.2) is 24.1 Å². The van der Waals surface area contributed by atoms with Crippen molar-refractivity contribution in [1.82, 2.24) is 5.32 Å². The number of benzene rings is 1. The third kappa shape index (κ3) is 3.28. The second-order valence-corrected chi connectivity index (χ2v) is 3.60. The molecule has 0 aliphatic carbocycles. The molecule has 2 rings (SSSR count). The van der Waals surface area contributed by atoms with Gasteiger partial charge in [-0.2, -0.15) is 0 Å². The molecule has 0 saturated carbocycles. The Morgan fingerprint density at radius 2 is 2.29 bits per heavy atom. The van der Waals surface area contributed by atoms with Crippen molar-refractivity contribution in [2.24, 2.45) is 0 Å². The minimum atomic E-state index is -0.693. The fourth-order valence-electron chi connectivity index (χ4n) is 1.61. The van der Waals surface area contributed by atoms with Gasteiger partial charge in [-0.3, -0.25) is 10.1 Å². The molecule has 94 valence electrons. The van der Waals surface area contributed by atoms with E-state index in [1.165, 1.54) is 12.1 Å². The van der Waals surface area contributed by atoms with Gasteiger partial charge in [0, 0.05) is 12.6 Å². The molecule has 5 nitrogen and oxygen atoms in total. The standard InChI is InChI=1S/C10H11FN2O3.ClH/c11-9-5-7(13(14)15)1-2-10(9)16-8-3-4-12-6-8;/h1-2,5,8,12H,3-4,6H2;1H. The second kappa shape index (κ2) is 5.79. The van der Waals surface area contributed by atoms with Gasteiger partial charge in [0.05, 0.1) is 11.0 Å². The van der Waals surface area contributed by atoms with E-state index in [9.17, 15) is 14.5 Å². The summed E-state index contributed by atoms with van der Waals surface area (Å²) < 4.78 is 18.8. The minimum absolute atomic E-state index is 0. The summed E-state index contributed by atoms with van der Waals surface area (Å²) in [4.78, 5) is 9.76. The lowest BCUT2D eigenvalue weighted by Crippen LogP contribution is -2.20. The van der Waals surface area contributed by atoms with Crippen LogP contribution in [0.15, 0.2) is 18.2 Å². The number of non-ortho nitro benzene ring substituents is 1. The van der Waals surface area contributed by atoms with Crippen LogP contribution in [0.1, 0.15) is 6.42 Å². The van der Waals surface area contributed by atoms with Crippen LogP contribution in [-0.2, 0) is 0 Å². The molecule has 1 N–H and O–H groups in total. The Balaban J connectivity index is 0.00000144. The van der Waals surface area contributed by atoms with Crippen molar-refractivity contribution in [1.29, 1.82) is 0 Å². The molecule has 1 aliphatic heterocycles. The van der Waals surface area contributed by atoms with E-state index in [0.717, 1.165) is 19.0 Å². The number of nitrogens with one attached hydrogen (secondary N) is 1. The maximum Gasteiger partial charge on any atom is 0.272 e. The molecule has 17 heavy (non-hydrogen) atoms. The van der Waals surface area contributed by atoms with Gasteiger partial charge >= 0.3 is 0 Å². The number of rotatable bonds is 3. The minimum Gasteiger partial charge on any atom is -0.486 e. The Morgan fingerprint density at radius 3 is 2.82 bits per heavy atom. The highest BCUT2D eigenvalue weighted by Crippen LogP contribution is 2.24. The number of ether oxygens (including phenoxy) is 1. The average molecular weight is 263 g/mol. The first-order valence-corrected chi connectivity index (χ1v) is 4.98. The molecular weight excluding hydrogens is 251 g/mol. The molecule has 0 aromatic heterocycles. The van der Waals surface area contributed by atoms with Gasteiger partial charge in [0.1, 0.15) is 6.10 Å². The van der Waals surface area contributed by atoms with Gasteiger partial charge in [0.2, 0.25) is 0 Å². The van der Waals surface area contributed by atoms with Crippen LogP contribution in [0.2, 0.25) is 0 Å². The molecule has 1 aliphatic rings. The van der Waals surface area contributed by atoms with Gasteiger partial charge in [0.25, 0.3) is 5.69 Å². The van der Waals surface area contributed by atoms with Gasteiger partial charge in [-0.05, 0) is 19.0 Å². The van der Waals surface area contributed by atoms with Gasteiger partial charge < -0.3 is 10.1 Å². The lowest BCUT2D eigenvalue weighted by Gasteiger charge is -2.12. The monoisotopic (exact) mass is 262 g/mol. The first-order chi connectivity index (χ1) is 7.66. The van der Waals surface area contributed by atoms with E-state index < -0.39 is 10.7 Å². The Bertz CT molecular complexity index is 411. The summed E-state index contributed by atoms with van der Waals surface area (Å²) in [7, 11) is 0. The first kappa shape index (κ1) is 13.7. The highest BCUT2D eigenvalue weighted by atomic mass is 35.5. The van der Waals surface area contributed by atoms with E-state index in [0.29, 0.717) is 6.54 Å². The zero-order chi connectivity index (χ0) is 11.5. The van der Waals surface area contributed by atoms with E-state index >= 15 is 0 Å². The van der Waals surface area contributed by atoms with E-state index in [1.54, 1.807) is 0 Å². The van der Waals surface area contributed by atoms with Crippen molar-refractivity contribution in [3.63, 3.8) is 0 Å². The highest BCUT2D eigenvalue weighted by molar-refractivity contribution is 5.85. The average Bonchev–Trinajstić information content (AvgIpc) is 2.73. The Labute approximate surface area is 104 Å². The van der Waals surface area contributed by atoms with Crippen LogP contribution in [0.25, 0.3) is 0 Å². The summed E-state index contributed by atoms with van der Waals surface area (Å²) in [6.45, 7) is 1.52. The summed E-state index contributed by atoms with van der Waals surface area (Å²) >= 11 is 0. The summed E-state index contributed by atoms with van der Waals surface area (Å²) in [6.07, 6.45) is 0.757. The molecule has 1 heterocycles. The summed E-state index contributed by atoms with van der Waals surface area (Å²) in [5, 5.41) is 13.5. The fourth-order valence-corrected chi connectivity index (χ4v) is 1.61. The lowest BCUT2D eigenvalue weighted by molar-refractivity contribution is -0.385. The number of hydrogen-bond acceptors (Lipinski definition) is 4. The number of nitrogens with zero attached hydrogens (tertiary/aromatic N) is 1. The molecule has 7 heteroatoms. The molecule has 1 aromatic rings. The van der Waals surface area contributed by atoms with Crippen LogP contribution in [0.5, 0.6) is 5.75 Å². The third-order valence-electron chi connectivity index (χ3n) is 2.44. The largest absolute Gasteiger partial charge is 0.486 e. The Kier molecular flexibility index (Phi) is 4.65. The molecule has 0 bridgehead atoms. The van der Waals surface area contributed by atoms with E-state index in [-0.39, 0.29) is 29.9 Å². The van der Waals surface area contributed by atoms with Crippen molar-refractivity contribution in [2.75, 3.05) is 13.1 Å². The van der Waals surface area contributed by atoms with Crippen molar-refractivity contribution >= 4 is 18.1 Å². The zero-order valence-corrected chi connectivity index (χ0v) is 9.71. The highest BCUT2D eigenvalue weighted by Gasteiger charge is 2.19. The smallest absolute Gasteiger partial charge is 0.272 e. The summed E-state index contributed by atoms with van der Waals surface area (Å²) in [5.74, 6) is -0.625. The van der Waals surface area contributed by atoms with Crippen LogP contribution in [0.4, 0.5) is 10.1 Å². The summed E-state index contributed by atoms with van der Waals surface area (Å²) in [5.41, 5.74) is -0.269. The molecule has 1 atom stereocenters. The van der Waals surface area contributed by atoms with Gasteiger partial charge in [-0.15, -0.1) is 12.4 Å². The third-order valence-corrected chi connectivity index (χ3v) is 2.44. The van der Waals surface area contributed by atoms with Gasteiger partial charge in [0.15, 0.2) is 11.6 Å². The maximum absolute atomic E-state index is 13.4. The SMILES string of the molecule is Cl.O=[N+]([O-])c1ccc(OC2CCNC2)c(F)c1. The van der Waals surface area contributed by atoms with Crippen molar-refractivity contribution in [2.45, 2.75) is 12.5 Å². The van der Waals surface area contributed by atoms with Crippen LogP contribution in [0.3, 0.4) is 0 Å². The molecule has 0 radical (unpaired) electrons. The van der Waals surface area contributed by atoms with Gasteiger partial charge in [-0.25, -0.2) is 4.39 Å². The molecule has 1 unspecified atom stereocenters. The lowest BCUT2D eigenvalue weighted by atomic mass is 10.2. The zero-order valence-electron chi connectivity index (χ0n) is 8.89.